The van der Waals surface area contributed by atoms with Gasteiger partial charge < -0.3 is 30.0 Å². The quantitative estimate of drug-likeness (QED) is 0.144. The number of H-pyrrole nitrogens is 1. The minimum absolute atomic E-state index is 0.108. The highest BCUT2D eigenvalue weighted by Crippen LogP contribution is 2.58. The number of hydrogen-bond donors (Lipinski definition) is 3. The Bertz CT molecular complexity index is 2190. The summed E-state index contributed by atoms with van der Waals surface area (Å²) in [5, 5.41) is 6.78. The summed E-state index contributed by atoms with van der Waals surface area (Å²) in [6, 6.07) is 18.8. The molecule has 4 amide bonds. The summed E-state index contributed by atoms with van der Waals surface area (Å²) in [6.07, 6.45) is 3.63. The van der Waals surface area contributed by atoms with E-state index in [0.29, 0.717) is 24.4 Å². The second-order valence-electron chi connectivity index (χ2n) is 16.6. The Morgan fingerprint density at radius 1 is 0.947 bits per heavy atom. The van der Waals surface area contributed by atoms with Gasteiger partial charge in [-0.05, 0) is 85.4 Å². The molecule has 300 valence electrons. The molecule has 7 rings (SSSR count). The third-order valence-electron chi connectivity index (χ3n) is 10.9. The van der Waals surface area contributed by atoms with Crippen molar-refractivity contribution in [3.8, 4) is 22.4 Å². The monoisotopic (exact) mass is 794 g/mol. The molecule has 3 heterocycles. The first-order valence-electron chi connectivity index (χ1n) is 19.4. The molecule has 0 unspecified atom stereocenters. The summed E-state index contributed by atoms with van der Waals surface area (Å²) < 4.78 is 10.2. The molecule has 1 aliphatic carbocycles. The molecule has 3 N–H and O–H groups in total. The fraction of sp³-hybridized carbons (Fsp3) is 0.442. The fourth-order valence-electron chi connectivity index (χ4n) is 7.59. The lowest BCUT2D eigenvalue weighted by atomic mass is 9.98. The summed E-state index contributed by atoms with van der Waals surface area (Å²) >= 11 is 1.34. The zero-order chi connectivity index (χ0) is 40.6. The second kappa shape index (κ2) is 15.9. The summed E-state index contributed by atoms with van der Waals surface area (Å²) in [5.74, 6) is 0.477. The van der Waals surface area contributed by atoms with Gasteiger partial charge in [0.2, 0.25) is 5.91 Å². The van der Waals surface area contributed by atoms with Gasteiger partial charge in [-0.15, -0.1) is 11.8 Å². The number of aromatic amines is 1. The average Bonchev–Trinajstić information content (AvgIpc) is 3.54. The number of thioether (sulfide) groups is 1. The van der Waals surface area contributed by atoms with E-state index in [0.717, 1.165) is 58.2 Å². The van der Waals surface area contributed by atoms with Crippen molar-refractivity contribution < 1.29 is 33.4 Å². The molecule has 13 nitrogen and oxygen atoms in total. The number of rotatable bonds is 10. The Morgan fingerprint density at radius 2 is 1.61 bits per heavy atom. The van der Waals surface area contributed by atoms with Gasteiger partial charge in [0, 0.05) is 30.0 Å². The summed E-state index contributed by atoms with van der Waals surface area (Å²) in [7, 11) is 1.30. The van der Waals surface area contributed by atoms with E-state index in [1.165, 1.54) is 23.8 Å². The van der Waals surface area contributed by atoms with Gasteiger partial charge in [0.1, 0.15) is 17.5 Å². The third kappa shape index (κ3) is 8.80. The number of nitrogens with zero attached hydrogens (tertiary/aromatic N) is 3. The standard InChI is InChI=1S/C43H50N6O7S/c1-25(2)35(47-40(53)55-6)38(52)49-24-43(15-16-43)21-33(49)36-44-22-32(46-36)31-14-13-29-19-28(11-12-30(29)20-31)26-7-9-27(10-8-26)34(50)23-45-37(51)39-48(17-18-57-39)41(54)56-42(3,4)5/h7-14,19-20,22,25,33,35,39H,15-18,21,23-24H2,1-6H3,(H,44,46)(H,45,51)(H,47,53)/t33-,35-,39-/m0/s1. The van der Waals surface area contributed by atoms with Crippen molar-refractivity contribution in [2.75, 3.05) is 32.5 Å². The number of methoxy groups -OCH3 is 1. The number of Topliss-reactive ketones (excluding diaryl/α,β-unsaturated/α-hetero) is 1. The Labute approximate surface area is 336 Å². The molecule has 3 fully saturated rings. The van der Waals surface area contributed by atoms with Gasteiger partial charge in [0.25, 0.3) is 5.91 Å². The molecule has 4 aromatic rings. The van der Waals surface area contributed by atoms with E-state index in [4.69, 9.17) is 14.5 Å². The van der Waals surface area contributed by atoms with Crippen LogP contribution in [0.2, 0.25) is 0 Å². The van der Waals surface area contributed by atoms with Crippen LogP contribution in [-0.2, 0) is 19.1 Å². The third-order valence-corrected chi connectivity index (χ3v) is 12.1. The topological polar surface area (TPSA) is 163 Å². The number of alkyl carbamates (subject to hydrolysis) is 1. The Morgan fingerprint density at radius 3 is 2.26 bits per heavy atom. The smallest absolute Gasteiger partial charge is 0.411 e. The normalized spacial score (nSPS) is 19.1. The predicted octanol–water partition coefficient (Wildman–Crippen LogP) is 6.94. The molecule has 2 aliphatic heterocycles. The van der Waals surface area contributed by atoms with Crippen molar-refractivity contribution in [2.45, 2.75) is 76.9 Å². The molecule has 1 saturated carbocycles. The summed E-state index contributed by atoms with van der Waals surface area (Å²) in [4.78, 5) is 76.0. The van der Waals surface area contributed by atoms with Gasteiger partial charge in [0.15, 0.2) is 11.2 Å². The van der Waals surface area contributed by atoms with E-state index in [9.17, 15) is 24.0 Å². The number of benzene rings is 3. The summed E-state index contributed by atoms with van der Waals surface area (Å²) in [5.41, 5.74) is 3.67. The summed E-state index contributed by atoms with van der Waals surface area (Å²) in [6.45, 7) is 10.0. The Hall–Kier alpha value is -5.37. The average molecular weight is 795 g/mol. The molecule has 57 heavy (non-hydrogen) atoms. The Balaban J connectivity index is 0.993. The van der Waals surface area contributed by atoms with Crippen molar-refractivity contribution in [1.29, 1.82) is 0 Å². The highest BCUT2D eigenvalue weighted by molar-refractivity contribution is 8.00. The van der Waals surface area contributed by atoms with Crippen LogP contribution >= 0.6 is 11.8 Å². The lowest BCUT2D eigenvalue weighted by Crippen LogP contribution is -2.51. The van der Waals surface area contributed by atoms with Crippen LogP contribution in [0.15, 0.2) is 66.9 Å². The maximum Gasteiger partial charge on any atom is 0.411 e. The molecular formula is C43H50N6O7S. The number of nitrogens with one attached hydrogen (secondary N) is 3. The number of imidazole rings is 1. The van der Waals surface area contributed by atoms with Crippen molar-refractivity contribution in [3.63, 3.8) is 0 Å². The first kappa shape index (κ1) is 39.8. The number of aromatic nitrogens is 2. The maximum atomic E-state index is 13.9. The molecule has 3 aromatic carbocycles. The maximum absolute atomic E-state index is 13.9. The van der Waals surface area contributed by atoms with Crippen LogP contribution in [0.3, 0.4) is 0 Å². The second-order valence-corrected chi connectivity index (χ2v) is 17.8. The lowest BCUT2D eigenvalue weighted by molar-refractivity contribution is -0.135. The minimum Gasteiger partial charge on any atom is -0.453 e. The van der Waals surface area contributed by atoms with Crippen LogP contribution in [-0.4, -0.2) is 99.1 Å². The first-order valence-corrected chi connectivity index (χ1v) is 20.5. The Kier molecular flexibility index (Phi) is 11.1. The van der Waals surface area contributed by atoms with E-state index >= 15 is 0 Å². The van der Waals surface area contributed by atoms with Crippen molar-refractivity contribution >= 4 is 52.3 Å². The van der Waals surface area contributed by atoms with Gasteiger partial charge in [-0.3, -0.25) is 19.3 Å². The van der Waals surface area contributed by atoms with Gasteiger partial charge in [0.05, 0.1) is 31.6 Å². The molecule has 1 aromatic heterocycles. The van der Waals surface area contributed by atoms with Crippen LogP contribution in [0.5, 0.6) is 0 Å². The molecule has 2 saturated heterocycles. The predicted molar refractivity (Wildman–Crippen MR) is 218 cm³/mol. The number of ketones is 1. The van der Waals surface area contributed by atoms with E-state index in [-0.39, 0.29) is 35.6 Å². The van der Waals surface area contributed by atoms with Crippen LogP contribution in [0.25, 0.3) is 33.2 Å². The number of carbonyl (C=O) groups excluding carboxylic acids is 5. The van der Waals surface area contributed by atoms with Crippen molar-refractivity contribution in [2.24, 2.45) is 11.3 Å². The number of fused-ring (bicyclic) bond motifs is 1. The van der Waals surface area contributed by atoms with Crippen LogP contribution < -0.4 is 10.6 Å². The number of likely N-dealkylation sites (tertiary alicyclic amines) is 1. The van der Waals surface area contributed by atoms with Gasteiger partial charge in [-0.1, -0.05) is 62.4 Å². The fourth-order valence-corrected chi connectivity index (χ4v) is 8.73. The van der Waals surface area contributed by atoms with Crippen LogP contribution in [0.4, 0.5) is 9.59 Å². The number of carbonyl (C=O) groups is 5. The zero-order valence-electron chi connectivity index (χ0n) is 33.2. The van der Waals surface area contributed by atoms with Crippen LogP contribution in [0.1, 0.15) is 76.1 Å². The highest BCUT2D eigenvalue weighted by Gasteiger charge is 2.55. The molecule has 3 atom stereocenters. The van der Waals surface area contributed by atoms with Gasteiger partial charge in [-0.25, -0.2) is 14.6 Å². The van der Waals surface area contributed by atoms with E-state index in [2.05, 4.69) is 39.9 Å². The molecule has 3 aliphatic rings. The van der Waals surface area contributed by atoms with Crippen LogP contribution in [0, 0.1) is 11.3 Å². The largest absolute Gasteiger partial charge is 0.453 e. The highest BCUT2D eigenvalue weighted by atomic mass is 32.2. The number of ether oxygens (including phenoxy) is 2. The SMILES string of the molecule is COC(=O)N[C@H](C(=O)N1CC2(CC2)C[C@H]1c1ncc(-c2ccc3cc(-c4ccc(C(=O)CNC(=O)[C@@H]5SCCN5C(=O)OC(C)(C)C)cc4)ccc3c2)[nH]1)C(C)C. The van der Waals surface area contributed by atoms with Gasteiger partial charge >= 0.3 is 12.2 Å². The van der Waals surface area contributed by atoms with Crippen molar-refractivity contribution in [1.82, 2.24) is 30.4 Å². The minimum atomic E-state index is -0.743. The van der Waals surface area contributed by atoms with Crippen molar-refractivity contribution in [3.05, 3.63) is 78.2 Å². The first-order chi connectivity index (χ1) is 27.1. The van der Waals surface area contributed by atoms with E-state index in [1.807, 2.05) is 49.2 Å². The van der Waals surface area contributed by atoms with Gasteiger partial charge in [-0.2, -0.15) is 0 Å². The molecule has 14 heteroatoms. The number of amides is 4. The zero-order valence-corrected chi connectivity index (χ0v) is 34.0. The van der Waals surface area contributed by atoms with E-state index < -0.39 is 35.1 Å². The molecule has 0 radical (unpaired) electrons. The molecule has 1 spiro atoms. The molecule has 0 bridgehead atoms. The molecular weight excluding hydrogens is 745 g/mol. The van der Waals surface area contributed by atoms with E-state index in [1.54, 1.807) is 32.9 Å². The number of hydrogen-bond acceptors (Lipinski definition) is 9. The lowest BCUT2D eigenvalue weighted by Gasteiger charge is -2.30.